The van der Waals surface area contributed by atoms with Crippen LogP contribution in [0.4, 0.5) is 5.82 Å². The van der Waals surface area contributed by atoms with Crippen molar-refractivity contribution in [3.63, 3.8) is 0 Å². The van der Waals surface area contributed by atoms with Crippen molar-refractivity contribution in [2.24, 2.45) is 0 Å². The number of aromatic nitrogens is 2. The van der Waals surface area contributed by atoms with Gasteiger partial charge in [-0.3, -0.25) is 4.98 Å². The van der Waals surface area contributed by atoms with E-state index in [1.165, 1.54) is 0 Å². The van der Waals surface area contributed by atoms with Crippen molar-refractivity contribution >= 4 is 23.1 Å². The van der Waals surface area contributed by atoms with Crippen molar-refractivity contribution in [3.8, 4) is 0 Å². The highest BCUT2D eigenvalue weighted by Crippen LogP contribution is 2.08. The van der Waals surface area contributed by atoms with Crippen molar-refractivity contribution < 1.29 is 0 Å². The van der Waals surface area contributed by atoms with Gasteiger partial charge in [-0.05, 0) is 43.4 Å². The number of hydrogen-bond donors (Lipinski definition) is 2. The molecule has 0 aliphatic heterocycles. The van der Waals surface area contributed by atoms with Crippen LogP contribution in [-0.2, 0) is 0 Å². The first kappa shape index (κ1) is 12.4. The van der Waals surface area contributed by atoms with Gasteiger partial charge in [0.25, 0.3) is 0 Å². The van der Waals surface area contributed by atoms with Gasteiger partial charge < -0.3 is 10.6 Å². The van der Waals surface area contributed by atoms with Crippen LogP contribution in [0.3, 0.4) is 0 Å². The van der Waals surface area contributed by atoms with E-state index in [0.29, 0.717) is 5.11 Å². The minimum atomic E-state index is 0.0508. The van der Waals surface area contributed by atoms with Crippen LogP contribution in [0.5, 0.6) is 0 Å². The highest BCUT2D eigenvalue weighted by Gasteiger charge is 2.07. The molecule has 0 spiro atoms. The zero-order valence-corrected chi connectivity index (χ0v) is 10.8. The van der Waals surface area contributed by atoms with Crippen molar-refractivity contribution in [1.29, 1.82) is 0 Å². The highest BCUT2D eigenvalue weighted by molar-refractivity contribution is 7.80. The first-order valence-corrected chi connectivity index (χ1v) is 6.06. The van der Waals surface area contributed by atoms with Crippen molar-refractivity contribution in [1.82, 2.24) is 15.3 Å². The lowest BCUT2D eigenvalue weighted by Crippen LogP contribution is -2.31. The molecule has 18 heavy (non-hydrogen) atoms. The fourth-order valence-electron chi connectivity index (χ4n) is 1.49. The van der Waals surface area contributed by atoms with Crippen LogP contribution in [0.2, 0.25) is 0 Å². The minimum Gasteiger partial charge on any atom is -0.354 e. The number of hydrogen-bond acceptors (Lipinski definition) is 3. The fraction of sp³-hybridized carbons (Fsp3) is 0.154. The first-order valence-electron chi connectivity index (χ1n) is 5.65. The van der Waals surface area contributed by atoms with E-state index < -0.39 is 0 Å². The second kappa shape index (κ2) is 6.07. The predicted octanol–water partition coefficient (Wildman–Crippen LogP) is 2.52. The number of nitrogens with zero attached hydrogens (tertiary/aromatic N) is 2. The molecule has 2 aromatic rings. The third kappa shape index (κ3) is 3.49. The Kier molecular flexibility index (Phi) is 4.20. The van der Waals surface area contributed by atoms with Gasteiger partial charge in [0.05, 0.1) is 11.7 Å². The molecule has 2 heterocycles. The highest BCUT2D eigenvalue weighted by atomic mass is 32.1. The van der Waals surface area contributed by atoms with Gasteiger partial charge in [0.2, 0.25) is 0 Å². The zero-order chi connectivity index (χ0) is 12.8. The van der Waals surface area contributed by atoms with Crippen LogP contribution >= 0.6 is 12.2 Å². The molecule has 2 rings (SSSR count). The average Bonchev–Trinajstić information content (AvgIpc) is 2.40. The molecular weight excluding hydrogens is 244 g/mol. The summed E-state index contributed by atoms with van der Waals surface area (Å²) in [5.41, 5.74) is 0.947. The summed E-state index contributed by atoms with van der Waals surface area (Å²) in [6.45, 7) is 2.01. The fourth-order valence-corrected chi connectivity index (χ4v) is 1.77. The van der Waals surface area contributed by atoms with Gasteiger partial charge in [0, 0.05) is 12.4 Å². The molecule has 0 aromatic carbocycles. The lowest BCUT2D eigenvalue weighted by Gasteiger charge is -2.15. The number of anilines is 1. The molecule has 2 N–H and O–H groups in total. The largest absolute Gasteiger partial charge is 0.354 e. The van der Waals surface area contributed by atoms with Gasteiger partial charge in [0.1, 0.15) is 5.82 Å². The molecule has 2 aromatic heterocycles. The number of thiocarbonyl (C=S) groups is 1. The smallest absolute Gasteiger partial charge is 0.172 e. The molecule has 0 radical (unpaired) electrons. The molecule has 1 atom stereocenters. The Bertz CT molecular complexity index is 501. The Labute approximate surface area is 111 Å². The summed E-state index contributed by atoms with van der Waals surface area (Å²) < 4.78 is 0. The third-order valence-corrected chi connectivity index (χ3v) is 2.61. The van der Waals surface area contributed by atoms with E-state index >= 15 is 0 Å². The third-order valence-electron chi connectivity index (χ3n) is 2.39. The lowest BCUT2D eigenvalue weighted by atomic mass is 10.2. The summed E-state index contributed by atoms with van der Waals surface area (Å²) in [6, 6.07) is 11.5. The van der Waals surface area contributed by atoms with E-state index in [1.807, 2.05) is 43.3 Å². The lowest BCUT2D eigenvalue weighted by molar-refractivity contribution is 0.696. The standard InChI is InChI=1S/C13H14N4S/c1-10(11-6-2-4-8-14-11)16-13(18)17-12-7-3-5-9-15-12/h2-10H,1H3,(H2,15,16,17,18). The van der Waals surface area contributed by atoms with Gasteiger partial charge in [0.15, 0.2) is 5.11 Å². The quantitative estimate of drug-likeness (QED) is 0.829. The molecule has 92 valence electrons. The van der Waals surface area contributed by atoms with E-state index in [9.17, 15) is 0 Å². The number of nitrogens with one attached hydrogen (secondary N) is 2. The minimum absolute atomic E-state index is 0.0508. The van der Waals surface area contributed by atoms with E-state index in [-0.39, 0.29) is 6.04 Å². The Morgan fingerprint density at radius 3 is 2.44 bits per heavy atom. The molecule has 0 fully saturated rings. The van der Waals surface area contributed by atoms with Gasteiger partial charge in [-0.25, -0.2) is 4.98 Å². The maximum atomic E-state index is 5.22. The van der Waals surface area contributed by atoms with Crippen LogP contribution in [-0.4, -0.2) is 15.1 Å². The molecule has 0 saturated carbocycles. The number of rotatable bonds is 3. The zero-order valence-electron chi connectivity index (χ0n) is 10.00. The molecule has 0 aliphatic rings. The van der Waals surface area contributed by atoms with E-state index in [4.69, 9.17) is 12.2 Å². The maximum absolute atomic E-state index is 5.22. The predicted molar refractivity (Wildman–Crippen MR) is 76.2 cm³/mol. The Balaban J connectivity index is 1.92. The van der Waals surface area contributed by atoms with Crippen molar-refractivity contribution in [3.05, 3.63) is 54.5 Å². The summed E-state index contributed by atoms with van der Waals surface area (Å²) >= 11 is 5.22. The van der Waals surface area contributed by atoms with Crippen LogP contribution in [0, 0.1) is 0 Å². The van der Waals surface area contributed by atoms with Crippen LogP contribution in [0.25, 0.3) is 0 Å². The maximum Gasteiger partial charge on any atom is 0.172 e. The second-order valence-corrected chi connectivity index (χ2v) is 4.20. The molecule has 1 unspecified atom stereocenters. The van der Waals surface area contributed by atoms with Gasteiger partial charge in [-0.2, -0.15) is 0 Å². The second-order valence-electron chi connectivity index (χ2n) is 3.79. The average molecular weight is 258 g/mol. The van der Waals surface area contributed by atoms with Gasteiger partial charge in [-0.1, -0.05) is 12.1 Å². The van der Waals surface area contributed by atoms with E-state index in [0.717, 1.165) is 11.5 Å². The Morgan fingerprint density at radius 2 is 1.83 bits per heavy atom. The Hall–Kier alpha value is -2.01. The first-order chi connectivity index (χ1) is 8.75. The summed E-state index contributed by atoms with van der Waals surface area (Å²) in [6.07, 6.45) is 3.48. The van der Waals surface area contributed by atoms with Crippen LogP contribution in [0.1, 0.15) is 18.7 Å². The summed E-state index contributed by atoms with van der Waals surface area (Å²) in [4.78, 5) is 8.42. The molecule has 0 aliphatic carbocycles. The summed E-state index contributed by atoms with van der Waals surface area (Å²) in [7, 11) is 0. The molecular formula is C13H14N4S. The van der Waals surface area contributed by atoms with Crippen LogP contribution < -0.4 is 10.6 Å². The topological polar surface area (TPSA) is 49.8 Å². The van der Waals surface area contributed by atoms with Crippen molar-refractivity contribution in [2.75, 3.05) is 5.32 Å². The molecule has 0 saturated heterocycles. The van der Waals surface area contributed by atoms with Gasteiger partial charge in [-0.15, -0.1) is 0 Å². The molecule has 4 nitrogen and oxygen atoms in total. The molecule has 0 amide bonds. The van der Waals surface area contributed by atoms with Crippen LogP contribution in [0.15, 0.2) is 48.8 Å². The molecule has 0 bridgehead atoms. The summed E-state index contributed by atoms with van der Waals surface area (Å²) in [5.74, 6) is 0.725. The number of pyridine rings is 2. The molecule has 5 heteroatoms. The monoisotopic (exact) mass is 258 g/mol. The summed E-state index contributed by atoms with van der Waals surface area (Å²) in [5, 5.41) is 6.72. The Morgan fingerprint density at radius 1 is 1.11 bits per heavy atom. The SMILES string of the molecule is CC(NC(=S)Nc1ccccn1)c1ccccn1. The van der Waals surface area contributed by atoms with Crippen molar-refractivity contribution in [2.45, 2.75) is 13.0 Å². The van der Waals surface area contributed by atoms with E-state index in [2.05, 4.69) is 20.6 Å². The van der Waals surface area contributed by atoms with Gasteiger partial charge >= 0.3 is 0 Å². The normalized spacial score (nSPS) is 11.6. The van der Waals surface area contributed by atoms with E-state index in [1.54, 1.807) is 12.4 Å².